The van der Waals surface area contributed by atoms with Crippen LogP contribution >= 0.6 is 11.6 Å². The van der Waals surface area contributed by atoms with E-state index in [4.69, 9.17) is 16.3 Å². The smallest absolute Gasteiger partial charge is 0.220 e. The second kappa shape index (κ2) is 9.56. The molecule has 25 heavy (non-hydrogen) atoms. The summed E-state index contributed by atoms with van der Waals surface area (Å²) in [7, 11) is 0. The van der Waals surface area contributed by atoms with Gasteiger partial charge in [0.1, 0.15) is 0 Å². The van der Waals surface area contributed by atoms with Gasteiger partial charge in [-0.05, 0) is 68.8 Å². The molecule has 1 N–H and O–H groups in total. The van der Waals surface area contributed by atoms with E-state index in [-0.39, 0.29) is 12.0 Å². The summed E-state index contributed by atoms with van der Waals surface area (Å²) in [5.74, 6) is 0.848. The lowest BCUT2D eigenvalue weighted by Gasteiger charge is -2.32. The van der Waals surface area contributed by atoms with Crippen LogP contribution in [-0.4, -0.2) is 43.2 Å². The number of piperidine rings is 1. The van der Waals surface area contributed by atoms with Gasteiger partial charge in [0.2, 0.25) is 5.91 Å². The van der Waals surface area contributed by atoms with Gasteiger partial charge in [0.05, 0.1) is 6.10 Å². The average Bonchev–Trinajstić information content (AvgIpc) is 3.13. The number of ether oxygens (including phenoxy) is 1. The molecule has 2 fully saturated rings. The Bertz CT molecular complexity index is 552. The van der Waals surface area contributed by atoms with Gasteiger partial charge in [-0.25, -0.2) is 0 Å². The van der Waals surface area contributed by atoms with Crippen molar-refractivity contribution < 1.29 is 9.53 Å². The van der Waals surface area contributed by atoms with E-state index in [1.807, 2.05) is 18.2 Å². The van der Waals surface area contributed by atoms with E-state index in [2.05, 4.69) is 16.3 Å². The number of halogens is 1. The lowest BCUT2D eigenvalue weighted by molar-refractivity contribution is -0.122. The van der Waals surface area contributed by atoms with Gasteiger partial charge in [-0.2, -0.15) is 0 Å². The number of nitrogens with zero attached hydrogens (tertiary/aromatic N) is 1. The Morgan fingerprint density at radius 2 is 2.12 bits per heavy atom. The van der Waals surface area contributed by atoms with Crippen LogP contribution < -0.4 is 5.32 Å². The van der Waals surface area contributed by atoms with Crippen molar-refractivity contribution in [3.63, 3.8) is 0 Å². The third-order valence-electron chi connectivity index (χ3n) is 5.33. The van der Waals surface area contributed by atoms with E-state index >= 15 is 0 Å². The molecule has 0 bridgehead atoms. The van der Waals surface area contributed by atoms with E-state index in [9.17, 15) is 4.79 Å². The fraction of sp³-hybridized carbons (Fsp3) is 0.650. The quantitative estimate of drug-likeness (QED) is 0.803. The molecule has 138 valence electrons. The van der Waals surface area contributed by atoms with Crippen LogP contribution in [0, 0.1) is 5.92 Å². The molecule has 1 atom stereocenters. The zero-order chi connectivity index (χ0) is 17.5. The molecule has 1 aromatic rings. The number of hydrogen-bond acceptors (Lipinski definition) is 3. The second-order valence-electron chi connectivity index (χ2n) is 7.33. The number of amides is 1. The molecule has 2 saturated heterocycles. The zero-order valence-electron chi connectivity index (χ0n) is 14.9. The van der Waals surface area contributed by atoms with Crippen LogP contribution in [0.4, 0.5) is 0 Å². The Balaban J connectivity index is 1.30. The standard InChI is InChI=1S/C20H29ClN2O2/c21-18-4-1-3-17(13-18)15-23-10-8-16(9-11-23)6-7-20(24)22-14-19-5-2-12-25-19/h1,3-4,13,16,19H,2,5-12,14-15H2,(H,22,24). The van der Waals surface area contributed by atoms with Crippen molar-refractivity contribution in [3.8, 4) is 0 Å². The summed E-state index contributed by atoms with van der Waals surface area (Å²) in [6, 6.07) is 8.11. The molecule has 0 spiro atoms. The number of nitrogens with one attached hydrogen (secondary N) is 1. The molecule has 1 aromatic carbocycles. The predicted molar refractivity (Wildman–Crippen MR) is 101 cm³/mol. The van der Waals surface area contributed by atoms with Crippen LogP contribution in [-0.2, 0) is 16.1 Å². The maximum atomic E-state index is 12.0. The molecular formula is C20H29ClN2O2. The molecule has 0 radical (unpaired) electrons. The predicted octanol–water partition coefficient (Wildman–Crippen LogP) is 3.63. The molecule has 1 unspecified atom stereocenters. The highest BCUT2D eigenvalue weighted by Crippen LogP contribution is 2.23. The first-order chi connectivity index (χ1) is 12.2. The van der Waals surface area contributed by atoms with Crippen LogP contribution in [0.25, 0.3) is 0 Å². The highest BCUT2D eigenvalue weighted by Gasteiger charge is 2.21. The Morgan fingerprint density at radius 3 is 2.84 bits per heavy atom. The van der Waals surface area contributed by atoms with Crippen molar-refractivity contribution in [2.24, 2.45) is 5.92 Å². The van der Waals surface area contributed by atoms with E-state index in [0.29, 0.717) is 18.9 Å². The Morgan fingerprint density at radius 1 is 1.28 bits per heavy atom. The molecule has 2 heterocycles. The molecule has 3 rings (SSSR count). The van der Waals surface area contributed by atoms with Crippen LogP contribution in [0.1, 0.15) is 44.1 Å². The van der Waals surface area contributed by atoms with Crippen LogP contribution in [0.15, 0.2) is 24.3 Å². The van der Waals surface area contributed by atoms with Crippen molar-refractivity contribution in [1.82, 2.24) is 10.2 Å². The highest BCUT2D eigenvalue weighted by molar-refractivity contribution is 6.30. The fourth-order valence-corrected chi connectivity index (χ4v) is 4.00. The van der Waals surface area contributed by atoms with Crippen molar-refractivity contribution in [3.05, 3.63) is 34.9 Å². The maximum Gasteiger partial charge on any atom is 0.220 e. The lowest BCUT2D eigenvalue weighted by Crippen LogP contribution is -2.34. The summed E-state index contributed by atoms with van der Waals surface area (Å²) < 4.78 is 5.54. The summed E-state index contributed by atoms with van der Waals surface area (Å²) >= 11 is 6.06. The molecule has 2 aliphatic rings. The van der Waals surface area contributed by atoms with Gasteiger partial charge >= 0.3 is 0 Å². The largest absolute Gasteiger partial charge is 0.376 e. The van der Waals surface area contributed by atoms with Crippen LogP contribution in [0.2, 0.25) is 5.02 Å². The molecule has 0 saturated carbocycles. The number of benzene rings is 1. The molecule has 5 heteroatoms. The monoisotopic (exact) mass is 364 g/mol. The minimum Gasteiger partial charge on any atom is -0.376 e. The Hall–Kier alpha value is -1.10. The van der Waals surface area contributed by atoms with Gasteiger partial charge in [0.15, 0.2) is 0 Å². The van der Waals surface area contributed by atoms with Gasteiger partial charge in [0, 0.05) is 31.1 Å². The molecule has 4 nitrogen and oxygen atoms in total. The summed E-state index contributed by atoms with van der Waals surface area (Å²) in [4.78, 5) is 14.5. The van der Waals surface area contributed by atoms with E-state index in [1.165, 1.54) is 18.4 Å². The first kappa shape index (κ1) is 18.7. The topological polar surface area (TPSA) is 41.6 Å². The summed E-state index contributed by atoms with van der Waals surface area (Å²) in [5, 5.41) is 3.83. The zero-order valence-corrected chi connectivity index (χ0v) is 15.6. The van der Waals surface area contributed by atoms with Crippen molar-refractivity contribution in [2.75, 3.05) is 26.2 Å². The van der Waals surface area contributed by atoms with Gasteiger partial charge in [0.25, 0.3) is 0 Å². The fourth-order valence-electron chi connectivity index (χ4n) is 3.78. The molecule has 2 aliphatic heterocycles. The normalized spacial score (nSPS) is 22.2. The van der Waals surface area contributed by atoms with Crippen LogP contribution in [0.5, 0.6) is 0 Å². The number of carbonyl (C=O) groups is 1. The molecular weight excluding hydrogens is 336 g/mol. The number of hydrogen-bond donors (Lipinski definition) is 1. The van der Waals surface area contributed by atoms with E-state index in [1.54, 1.807) is 0 Å². The maximum absolute atomic E-state index is 12.0. The lowest BCUT2D eigenvalue weighted by atomic mass is 9.92. The minimum absolute atomic E-state index is 0.178. The van der Waals surface area contributed by atoms with Crippen LogP contribution in [0.3, 0.4) is 0 Å². The first-order valence-corrected chi connectivity index (χ1v) is 9.92. The molecule has 1 amide bonds. The SMILES string of the molecule is O=C(CCC1CCN(Cc2cccc(Cl)c2)CC1)NCC1CCCO1. The average molecular weight is 365 g/mol. The van der Waals surface area contributed by atoms with Gasteiger partial charge in [-0.3, -0.25) is 9.69 Å². The highest BCUT2D eigenvalue weighted by atomic mass is 35.5. The first-order valence-electron chi connectivity index (χ1n) is 9.54. The van der Waals surface area contributed by atoms with Gasteiger partial charge in [-0.1, -0.05) is 23.7 Å². The van der Waals surface area contributed by atoms with Gasteiger partial charge in [-0.15, -0.1) is 0 Å². The summed E-state index contributed by atoms with van der Waals surface area (Å²) in [5.41, 5.74) is 1.28. The molecule has 0 aliphatic carbocycles. The van der Waals surface area contributed by atoms with Gasteiger partial charge < -0.3 is 10.1 Å². The number of carbonyl (C=O) groups excluding carboxylic acids is 1. The third-order valence-corrected chi connectivity index (χ3v) is 5.57. The molecule has 0 aromatic heterocycles. The number of likely N-dealkylation sites (tertiary alicyclic amines) is 1. The summed E-state index contributed by atoms with van der Waals surface area (Å²) in [6.45, 7) is 4.70. The number of rotatable bonds is 7. The van der Waals surface area contributed by atoms with Crippen molar-refractivity contribution >= 4 is 17.5 Å². The third kappa shape index (κ3) is 6.28. The summed E-state index contributed by atoms with van der Waals surface area (Å²) in [6.07, 6.45) is 6.44. The second-order valence-corrected chi connectivity index (χ2v) is 7.76. The minimum atomic E-state index is 0.178. The Labute approximate surface area is 155 Å². The Kier molecular flexibility index (Phi) is 7.14. The van der Waals surface area contributed by atoms with Crippen molar-refractivity contribution in [2.45, 2.75) is 51.2 Å². The van der Waals surface area contributed by atoms with E-state index < -0.39 is 0 Å². The van der Waals surface area contributed by atoms with E-state index in [0.717, 1.165) is 50.5 Å². The van der Waals surface area contributed by atoms with Crippen molar-refractivity contribution in [1.29, 1.82) is 0 Å².